The van der Waals surface area contributed by atoms with Crippen LogP contribution < -0.4 is 4.72 Å². The van der Waals surface area contributed by atoms with Crippen LogP contribution in [0.25, 0.3) is 0 Å². The highest BCUT2D eigenvalue weighted by Crippen LogP contribution is 2.23. The average molecular weight is 388 g/mol. The second kappa shape index (κ2) is 7.88. The molecule has 0 fully saturated rings. The minimum Gasteiger partial charge on any atom is -0.462 e. The molecular formula is C16H15Cl2NO4S. The number of halogens is 2. The van der Waals surface area contributed by atoms with Gasteiger partial charge in [-0.3, -0.25) is 4.72 Å². The van der Waals surface area contributed by atoms with Gasteiger partial charge in [-0.25, -0.2) is 13.2 Å². The van der Waals surface area contributed by atoms with Gasteiger partial charge in [0.25, 0.3) is 0 Å². The van der Waals surface area contributed by atoms with Crippen molar-refractivity contribution >= 4 is 44.9 Å². The Morgan fingerprint density at radius 2 is 1.79 bits per heavy atom. The van der Waals surface area contributed by atoms with E-state index in [-0.39, 0.29) is 28.6 Å². The summed E-state index contributed by atoms with van der Waals surface area (Å²) in [5.41, 5.74) is 1.04. The topological polar surface area (TPSA) is 72.5 Å². The van der Waals surface area contributed by atoms with E-state index in [1.807, 2.05) is 0 Å². The van der Waals surface area contributed by atoms with Crippen LogP contribution >= 0.6 is 23.2 Å². The molecule has 0 aliphatic carbocycles. The number of nitrogens with one attached hydrogen (secondary N) is 1. The lowest BCUT2D eigenvalue weighted by molar-refractivity contribution is 0.0526. The van der Waals surface area contributed by atoms with E-state index in [0.717, 1.165) is 0 Å². The maximum atomic E-state index is 12.2. The highest BCUT2D eigenvalue weighted by atomic mass is 35.5. The maximum Gasteiger partial charge on any atom is 0.339 e. The molecule has 0 bridgehead atoms. The number of sulfonamides is 1. The van der Waals surface area contributed by atoms with Crippen molar-refractivity contribution in [3.63, 3.8) is 0 Å². The van der Waals surface area contributed by atoms with E-state index < -0.39 is 16.0 Å². The summed E-state index contributed by atoms with van der Waals surface area (Å²) < 4.78 is 31.7. The third kappa shape index (κ3) is 5.12. The van der Waals surface area contributed by atoms with Gasteiger partial charge in [0.2, 0.25) is 10.0 Å². The molecule has 0 aromatic heterocycles. The van der Waals surface area contributed by atoms with Gasteiger partial charge in [-0.05, 0) is 42.8 Å². The molecule has 0 aliphatic rings. The largest absolute Gasteiger partial charge is 0.462 e. The molecule has 0 amide bonds. The van der Waals surface area contributed by atoms with Gasteiger partial charge in [-0.15, -0.1) is 0 Å². The summed E-state index contributed by atoms with van der Waals surface area (Å²) in [7, 11) is -3.63. The monoisotopic (exact) mass is 387 g/mol. The Bertz CT molecular complexity index is 836. The fourth-order valence-electron chi connectivity index (χ4n) is 1.97. The van der Waals surface area contributed by atoms with Crippen molar-refractivity contribution in [2.45, 2.75) is 12.7 Å². The Labute approximate surface area is 150 Å². The number of hydrogen-bond acceptors (Lipinski definition) is 4. The van der Waals surface area contributed by atoms with Crippen molar-refractivity contribution in [1.29, 1.82) is 0 Å². The van der Waals surface area contributed by atoms with Crippen molar-refractivity contribution in [2.24, 2.45) is 0 Å². The van der Waals surface area contributed by atoms with E-state index in [9.17, 15) is 13.2 Å². The van der Waals surface area contributed by atoms with Crippen LogP contribution in [0.4, 0.5) is 5.69 Å². The number of carbonyl (C=O) groups excluding carboxylic acids is 1. The Hall–Kier alpha value is -1.76. The van der Waals surface area contributed by atoms with Crippen LogP contribution in [-0.4, -0.2) is 21.0 Å². The van der Waals surface area contributed by atoms with Gasteiger partial charge in [0.1, 0.15) is 0 Å². The summed E-state index contributed by atoms with van der Waals surface area (Å²) >= 11 is 11.8. The molecule has 0 atom stereocenters. The van der Waals surface area contributed by atoms with Gasteiger partial charge in [-0.1, -0.05) is 35.3 Å². The normalized spacial score (nSPS) is 11.1. The summed E-state index contributed by atoms with van der Waals surface area (Å²) in [5, 5.41) is 0.644. The summed E-state index contributed by atoms with van der Waals surface area (Å²) in [6, 6.07) is 10.8. The lowest BCUT2D eigenvalue weighted by Crippen LogP contribution is -2.15. The average Bonchev–Trinajstić information content (AvgIpc) is 2.49. The molecule has 8 heteroatoms. The molecule has 0 radical (unpaired) electrons. The molecule has 24 heavy (non-hydrogen) atoms. The van der Waals surface area contributed by atoms with Crippen molar-refractivity contribution in [1.82, 2.24) is 0 Å². The van der Waals surface area contributed by atoms with Crippen LogP contribution in [0.15, 0.2) is 42.5 Å². The van der Waals surface area contributed by atoms with Crippen molar-refractivity contribution in [3.05, 3.63) is 63.6 Å². The maximum absolute atomic E-state index is 12.2. The summed E-state index contributed by atoms with van der Waals surface area (Å²) in [4.78, 5) is 11.7. The van der Waals surface area contributed by atoms with Crippen molar-refractivity contribution in [2.75, 3.05) is 11.3 Å². The molecule has 2 aromatic carbocycles. The summed E-state index contributed by atoms with van der Waals surface area (Å²) in [6.45, 7) is 1.91. The zero-order chi connectivity index (χ0) is 17.7. The number of benzene rings is 2. The first-order chi connectivity index (χ1) is 11.3. The Balaban J connectivity index is 2.13. The number of rotatable bonds is 6. The van der Waals surface area contributed by atoms with Crippen molar-refractivity contribution < 1.29 is 17.9 Å². The van der Waals surface area contributed by atoms with Crippen LogP contribution in [0, 0.1) is 0 Å². The molecule has 0 saturated heterocycles. The molecule has 0 unspecified atom stereocenters. The fourth-order valence-corrected chi connectivity index (χ4v) is 3.54. The summed E-state index contributed by atoms with van der Waals surface area (Å²) in [5.74, 6) is -0.764. The molecule has 0 spiro atoms. The molecular weight excluding hydrogens is 373 g/mol. The second-order valence-corrected chi connectivity index (χ2v) is 7.47. The molecule has 0 aliphatic heterocycles. The minimum atomic E-state index is -3.63. The number of hydrogen-bond donors (Lipinski definition) is 1. The Morgan fingerprint density at radius 3 is 2.38 bits per heavy atom. The lowest BCUT2D eigenvalue weighted by atomic mass is 10.2. The molecule has 0 saturated carbocycles. The zero-order valence-electron chi connectivity index (χ0n) is 12.8. The minimum absolute atomic E-state index is 0.111. The highest BCUT2D eigenvalue weighted by Gasteiger charge is 2.15. The first kappa shape index (κ1) is 18.6. The van der Waals surface area contributed by atoms with E-state index in [4.69, 9.17) is 27.9 Å². The van der Waals surface area contributed by atoms with E-state index in [0.29, 0.717) is 10.6 Å². The summed E-state index contributed by atoms with van der Waals surface area (Å²) in [6.07, 6.45) is 0. The molecule has 5 nitrogen and oxygen atoms in total. The number of ether oxygens (including phenoxy) is 1. The molecule has 128 valence electrons. The van der Waals surface area contributed by atoms with Crippen LogP contribution in [0.1, 0.15) is 22.8 Å². The second-order valence-electron chi connectivity index (χ2n) is 4.90. The third-order valence-corrected chi connectivity index (χ3v) is 4.83. The standard InChI is InChI=1S/C16H15Cl2NO4S/c1-2-23-16(20)14-8-7-13(9-15(14)18)19-24(21,22)10-11-3-5-12(17)6-4-11/h3-9,19H,2,10H2,1H3. The van der Waals surface area contributed by atoms with Crippen LogP contribution in [0.2, 0.25) is 10.0 Å². The van der Waals surface area contributed by atoms with E-state index in [2.05, 4.69) is 4.72 Å². The highest BCUT2D eigenvalue weighted by molar-refractivity contribution is 7.91. The number of anilines is 1. The number of esters is 1. The first-order valence-corrected chi connectivity index (χ1v) is 9.43. The van der Waals surface area contributed by atoms with Gasteiger partial charge in [0.15, 0.2) is 0 Å². The van der Waals surface area contributed by atoms with Gasteiger partial charge >= 0.3 is 5.97 Å². The van der Waals surface area contributed by atoms with Gasteiger partial charge in [-0.2, -0.15) is 0 Å². The zero-order valence-corrected chi connectivity index (χ0v) is 15.1. The predicted molar refractivity (Wildman–Crippen MR) is 95.1 cm³/mol. The smallest absolute Gasteiger partial charge is 0.339 e. The molecule has 2 rings (SSSR count). The van der Waals surface area contributed by atoms with E-state index in [1.54, 1.807) is 31.2 Å². The van der Waals surface area contributed by atoms with E-state index in [1.165, 1.54) is 18.2 Å². The van der Waals surface area contributed by atoms with Gasteiger partial charge in [0.05, 0.1) is 28.6 Å². The third-order valence-electron chi connectivity index (χ3n) is 3.01. The van der Waals surface area contributed by atoms with Gasteiger partial charge < -0.3 is 4.74 Å². The van der Waals surface area contributed by atoms with Crippen molar-refractivity contribution in [3.8, 4) is 0 Å². The Morgan fingerprint density at radius 1 is 1.12 bits per heavy atom. The molecule has 1 N–H and O–H groups in total. The molecule has 2 aromatic rings. The van der Waals surface area contributed by atoms with E-state index >= 15 is 0 Å². The quantitative estimate of drug-likeness (QED) is 0.756. The predicted octanol–water partition coefficient (Wildman–Crippen LogP) is 4.11. The van der Waals surface area contributed by atoms with Crippen LogP contribution in [0.3, 0.4) is 0 Å². The molecule has 0 heterocycles. The SMILES string of the molecule is CCOC(=O)c1ccc(NS(=O)(=O)Cc2ccc(Cl)cc2)cc1Cl. The van der Waals surface area contributed by atoms with Crippen LogP contribution in [-0.2, 0) is 20.5 Å². The Kier molecular flexibility index (Phi) is 6.10. The lowest BCUT2D eigenvalue weighted by Gasteiger charge is -2.10. The van der Waals surface area contributed by atoms with Crippen LogP contribution in [0.5, 0.6) is 0 Å². The first-order valence-electron chi connectivity index (χ1n) is 7.02. The van der Waals surface area contributed by atoms with Gasteiger partial charge in [0, 0.05) is 5.02 Å². The number of carbonyl (C=O) groups is 1. The fraction of sp³-hybridized carbons (Fsp3) is 0.188.